The summed E-state index contributed by atoms with van der Waals surface area (Å²) in [6.45, 7) is 3.77. The first-order valence-corrected chi connectivity index (χ1v) is 7.61. The van der Waals surface area contributed by atoms with Gasteiger partial charge in [0, 0.05) is 11.1 Å². The number of pyridine rings is 1. The summed E-state index contributed by atoms with van der Waals surface area (Å²) in [7, 11) is 0. The third-order valence-corrected chi connectivity index (χ3v) is 4.18. The topological polar surface area (TPSA) is 63.0 Å². The summed E-state index contributed by atoms with van der Waals surface area (Å²) >= 11 is 0. The lowest BCUT2D eigenvalue weighted by Crippen LogP contribution is -2.21. The van der Waals surface area contributed by atoms with Crippen LogP contribution < -0.4 is 0 Å². The molecule has 0 saturated carbocycles. The van der Waals surface area contributed by atoms with Gasteiger partial charge in [0.2, 0.25) is 0 Å². The molecule has 112 valence electrons. The van der Waals surface area contributed by atoms with Crippen molar-refractivity contribution in [2.75, 3.05) is 0 Å². The Morgan fingerprint density at radius 3 is 3.00 bits per heavy atom. The van der Waals surface area contributed by atoms with Crippen LogP contribution >= 0.6 is 0 Å². The first kappa shape index (κ1) is 14.5. The molecule has 0 N–H and O–H groups in total. The molecule has 1 aromatic carbocycles. The summed E-state index contributed by atoms with van der Waals surface area (Å²) in [5, 5.41) is 9.70. The Labute approximate surface area is 129 Å². The normalized spacial score (nSPS) is 18.3. The fourth-order valence-electron chi connectivity index (χ4n) is 3.04. The minimum Gasteiger partial charge on any atom is -0.444 e. The quantitative estimate of drug-likeness (QED) is 0.796. The van der Waals surface area contributed by atoms with Gasteiger partial charge in [-0.2, -0.15) is 5.26 Å². The number of benzene rings is 1. The molecule has 2 aromatic rings. The van der Waals surface area contributed by atoms with Crippen molar-refractivity contribution >= 4 is 16.9 Å². The summed E-state index contributed by atoms with van der Waals surface area (Å²) in [5.74, 6) is 0.105. The van der Waals surface area contributed by atoms with Gasteiger partial charge in [0.1, 0.15) is 6.07 Å². The first-order chi connectivity index (χ1) is 10.6. The molecule has 4 heteroatoms. The molecule has 0 fully saturated rings. The number of hydrogen-bond acceptors (Lipinski definition) is 4. The average Bonchev–Trinajstić information content (AvgIpc) is 2.52. The SMILES string of the molecule is CC1CCc2nc3ccccc3c(C(=O)OC(C)C#N)c2C1. The molecule has 3 rings (SSSR count). The third-order valence-electron chi connectivity index (χ3n) is 4.18. The van der Waals surface area contributed by atoms with Gasteiger partial charge in [-0.1, -0.05) is 25.1 Å². The van der Waals surface area contributed by atoms with Crippen LogP contribution in [0.2, 0.25) is 0 Å². The lowest BCUT2D eigenvalue weighted by molar-refractivity contribution is 0.0436. The molecule has 0 saturated heterocycles. The Morgan fingerprint density at radius 2 is 2.23 bits per heavy atom. The van der Waals surface area contributed by atoms with Gasteiger partial charge in [0.25, 0.3) is 0 Å². The van der Waals surface area contributed by atoms with E-state index in [9.17, 15) is 4.79 Å². The first-order valence-electron chi connectivity index (χ1n) is 7.61. The molecular formula is C18H18N2O2. The number of aromatic nitrogens is 1. The number of carbonyl (C=O) groups is 1. The molecule has 1 aromatic heterocycles. The van der Waals surface area contributed by atoms with Crippen molar-refractivity contribution in [3.63, 3.8) is 0 Å². The zero-order valence-corrected chi connectivity index (χ0v) is 12.8. The molecule has 22 heavy (non-hydrogen) atoms. The molecule has 4 nitrogen and oxygen atoms in total. The van der Waals surface area contributed by atoms with Crippen molar-refractivity contribution in [2.24, 2.45) is 5.92 Å². The molecule has 1 heterocycles. The Morgan fingerprint density at radius 1 is 1.45 bits per heavy atom. The lowest BCUT2D eigenvalue weighted by Gasteiger charge is -2.24. The average molecular weight is 294 g/mol. The van der Waals surface area contributed by atoms with E-state index in [2.05, 4.69) is 6.92 Å². The van der Waals surface area contributed by atoms with E-state index in [1.165, 1.54) is 0 Å². The summed E-state index contributed by atoms with van der Waals surface area (Å²) in [6, 6.07) is 9.57. The fraction of sp³-hybridized carbons (Fsp3) is 0.389. The van der Waals surface area contributed by atoms with Crippen LogP contribution in [0, 0.1) is 17.2 Å². The maximum atomic E-state index is 12.6. The van der Waals surface area contributed by atoms with Gasteiger partial charge >= 0.3 is 5.97 Å². The number of nitrogens with zero attached hydrogens (tertiary/aromatic N) is 2. The Kier molecular flexibility index (Phi) is 3.81. The summed E-state index contributed by atoms with van der Waals surface area (Å²) < 4.78 is 5.27. The molecule has 0 amide bonds. The summed E-state index contributed by atoms with van der Waals surface area (Å²) in [4.78, 5) is 17.3. The van der Waals surface area contributed by atoms with Crippen LogP contribution in [0.25, 0.3) is 10.9 Å². The van der Waals surface area contributed by atoms with E-state index >= 15 is 0 Å². The van der Waals surface area contributed by atoms with Gasteiger partial charge in [-0.05, 0) is 43.7 Å². The van der Waals surface area contributed by atoms with Gasteiger partial charge in [-0.3, -0.25) is 4.98 Å². The minimum absolute atomic E-state index is 0.419. The Bertz CT molecular complexity index is 776. The highest BCUT2D eigenvalue weighted by atomic mass is 16.5. The van der Waals surface area contributed by atoms with E-state index < -0.39 is 12.1 Å². The van der Waals surface area contributed by atoms with Crippen molar-refractivity contribution in [3.8, 4) is 6.07 Å². The van der Waals surface area contributed by atoms with Crippen molar-refractivity contribution in [3.05, 3.63) is 41.1 Å². The van der Waals surface area contributed by atoms with Crippen LogP contribution in [-0.2, 0) is 17.6 Å². The van der Waals surface area contributed by atoms with Gasteiger partial charge < -0.3 is 4.74 Å². The highest BCUT2D eigenvalue weighted by molar-refractivity contribution is 6.05. The number of aryl methyl sites for hydroxylation is 1. The van der Waals surface area contributed by atoms with Gasteiger partial charge in [0.05, 0.1) is 11.1 Å². The van der Waals surface area contributed by atoms with E-state index in [1.807, 2.05) is 30.3 Å². The molecule has 0 spiro atoms. The zero-order chi connectivity index (χ0) is 15.7. The monoisotopic (exact) mass is 294 g/mol. The van der Waals surface area contributed by atoms with E-state index in [4.69, 9.17) is 15.0 Å². The Hall–Kier alpha value is -2.41. The molecule has 0 bridgehead atoms. The number of fused-ring (bicyclic) bond motifs is 2. The van der Waals surface area contributed by atoms with E-state index in [0.717, 1.165) is 41.4 Å². The second kappa shape index (κ2) is 5.76. The lowest BCUT2D eigenvalue weighted by atomic mass is 9.84. The number of carbonyl (C=O) groups excluding carboxylic acids is 1. The number of ether oxygens (including phenoxy) is 1. The Balaban J connectivity index is 2.19. The van der Waals surface area contributed by atoms with E-state index in [-0.39, 0.29) is 0 Å². The van der Waals surface area contributed by atoms with E-state index in [1.54, 1.807) is 6.92 Å². The van der Waals surface area contributed by atoms with Gasteiger partial charge in [-0.25, -0.2) is 4.79 Å². The highest BCUT2D eigenvalue weighted by Crippen LogP contribution is 2.32. The second-order valence-electron chi connectivity index (χ2n) is 5.95. The maximum absolute atomic E-state index is 12.6. The van der Waals surface area contributed by atoms with Crippen LogP contribution in [-0.4, -0.2) is 17.1 Å². The highest BCUT2D eigenvalue weighted by Gasteiger charge is 2.26. The van der Waals surface area contributed by atoms with Crippen LogP contribution in [0.4, 0.5) is 0 Å². The maximum Gasteiger partial charge on any atom is 0.340 e. The number of rotatable bonds is 2. The zero-order valence-electron chi connectivity index (χ0n) is 12.8. The molecule has 0 aliphatic heterocycles. The van der Waals surface area contributed by atoms with Gasteiger partial charge in [-0.15, -0.1) is 0 Å². The summed E-state index contributed by atoms with van der Waals surface area (Å²) in [6.07, 6.45) is 2.05. The molecule has 2 unspecified atom stereocenters. The van der Waals surface area contributed by atoms with Crippen LogP contribution in [0.3, 0.4) is 0 Å². The standard InChI is InChI=1S/C18H18N2O2/c1-11-7-8-16-14(9-11)17(18(21)22-12(2)10-19)13-5-3-4-6-15(13)20-16/h3-6,11-12H,7-9H2,1-2H3. The van der Waals surface area contributed by atoms with Crippen LogP contribution in [0.1, 0.15) is 41.9 Å². The third kappa shape index (κ3) is 2.55. The number of esters is 1. The molecule has 1 aliphatic carbocycles. The van der Waals surface area contributed by atoms with Gasteiger partial charge in [0.15, 0.2) is 6.10 Å². The fourth-order valence-corrected chi connectivity index (χ4v) is 3.04. The van der Waals surface area contributed by atoms with E-state index in [0.29, 0.717) is 11.5 Å². The van der Waals surface area contributed by atoms with Crippen LogP contribution in [0.15, 0.2) is 24.3 Å². The van der Waals surface area contributed by atoms with Crippen molar-refractivity contribution in [2.45, 2.75) is 39.2 Å². The van der Waals surface area contributed by atoms with Crippen molar-refractivity contribution in [1.82, 2.24) is 4.98 Å². The molecular weight excluding hydrogens is 276 g/mol. The predicted molar refractivity (Wildman–Crippen MR) is 83.4 cm³/mol. The molecule has 0 radical (unpaired) electrons. The minimum atomic E-state index is -0.754. The smallest absolute Gasteiger partial charge is 0.340 e. The second-order valence-corrected chi connectivity index (χ2v) is 5.95. The van der Waals surface area contributed by atoms with Crippen molar-refractivity contribution in [1.29, 1.82) is 5.26 Å². The van der Waals surface area contributed by atoms with Crippen molar-refractivity contribution < 1.29 is 9.53 Å². The summed E-state index contributed by atoms with van der Waals surface area (Å²) in [5.41, 5.74) is 3.39. The van der Waals surface area contributed by atoms with Crippen LogP contribution in [0.5, 0.6) is 0 Å². The molecule has 1 aliphatic rings. The number of para-hydroxylation sites is 1. The molecule has 2 atom stereocenters. The number of nitriles is 1. The predicted octanol–water partition coefficient (Wildman–Crippen LogP) is 3.43. The number of hydrogen-bond donors (Lipinski definition) is 0. The largest absolute Gasteiger partial charge is 0.444 e.